The molecule has 0 radical (unpaired) electrons. The molecule has 15 heavy (non-hydrogen) atoms. The van der Waals surface area contributed by atoms with Gasteiger partial charge in [0.1, 0.15) is 5.69 Å². The minimum absolute atomic E-state index is 0. The molecule has 1 atom stereocenters. The van der Waals surface area contributed by atoms with Crippen molar-refractivity contribution in [1.82, 2.24) is 9.55 Å². The Balaban J connectivity index is 0. The summed E-state index contributed by atoms with van der Waals surface area (Å²) in [4.78, 5) is 15.1. The van der Waals surface area contributed by atoms with Gasteiger partial charge < -0.3 is 15.0 Å². The van der Waals surface area contributed by atoms with Crippen molar-refractivity contribution in [3.05, 3.63) is 18.2 Å². The van der Waals surface area contributed by atoms with E-state index >= 15 is 0 Å². The van der Waals surface area contributed by atoms with Gasteiger partial charge in [0.25, 0.3) is 0 Å². The number of carbonyl (C=O) groups is 1. The number of carbonyl (C=O) groups excluding carboxylic acids is 1. The van der Waals surface area contributed by atoms with Gasteiger partial charge >= 0.3 is 5.97 Å². The molecule has 1 heterocycles. The zero-order valence-electron chi connectivity index (χ0n) is 8.54. The van der Waals surface area contributed by atoms with Crippen LogP contribution >= 0.6 is 24.8 Å². The second-order valence-corrected chi connectivity index (χ2v) is 2.76. The molecule has 2 N–H and O–H groups in total. The molecule has 1 aromatic rings. The summed E-state index contributed by atoms with van der Waals surface area (Å²) >= 11 is 0. The van der Waals surface area contributed by atoms with Crippen LogP contribution in [0.25, 0.3) is 0 Å². The summed E-state index contributed by atoms with van der Waals surface area (Å²) in [6, 6.07) is 0.0524. The molecular weight excluding hydrogens is 241 g/mol. The first kappa shape index (κ1) is 16.6. The summed E-state index contributed by atoms with van der Waals surface area (Å²) in [5, 5.41) is 0. The van der Waals surface area contributed by atoms with Gasteiger partial charge in [0.2, 0.25) is 0 Å². The summed E-state index contributed by atoms with van der Waals surface area (Å²) in [5.41, 5.74) is 5.90. The van der Waals surface area contributed by atoms with Crippen LogP contribution in [0.15, 0.2) is 12.5 Å². The lowest BCUT2D eigenvalue weighted by Gasteiger charge is -2.12. The Kier molecular flexibility index (Phi) is 8.33. The summed E-state index contributed by atoms with van der Waals surface area (Å²) in [6.07, 6.45) is 3.04. The molecule has 0 saturated heterocycles. The predicted octanol–water partition coefficient (Wildman–Crippen LogP) is 1.03. The van der Waals surface area contributed by atoms with Gasteiger partial charge in [0.15, 0.2) is 0 Å². The lowest BCUT2D eigenvalue weighted by molar-refractivity contribution is 0.0586. The SMILES string of the molecule is COC(=O)c1cncn1[C@@H](C)CN.Cl.Cl. The van der Waals surface area contributed by atoms with Crippen molar-refractivity contribution in [2.45, 2.75) is 13.0 Å². The average Bonchev–Trinajstić information content (AvgIpc) is 2.63. The number of imidazole rings is 1. The van der Waals surface area contributed by atoms with E-state index in [1.807, 2.05) is 6.92 Å². The molecule has 0 amide bonds. The van der Waals surface area contributed by atoms with E-state index in [9.17, 15) is 4.79 Å². The van der Waals surface area contributed by atoms with E-state index in [1.54, 1.807) is 10.9 Å². The summed E-state index contributed by atoms with van der Waals surface area (Å²) in [5.74, 6) is -0.391. The highest BCUT2D eigenvalue weighted by atomic mass is 35.5. The fourth-order valence-corrected chi connectivity index (χ4v) is 1.03. The Morgan fingerprint density at radius 3 is 2.73 bits per heavy atom. The zero-order chi connectivity index (χ0) is 9.84. The Bertz CT molecular complexity index is 304. The number of hydrogen-bond acceptors (Lipinski definition) is 4. The highest BCUT2D eigenvalue weighted by molar-refractivity contribution is 5.87. The minimum Gasteiger partial charge on any atom is -0.464 e. The van der Waals surface area contributed by atoms with E-state index in [0.717, 1.165) is 0 Å². The predicted molar refractivity (Wildman–Crippen MR) is 61.8 cm³/mol. The summed E-state index contributed by atoms with van der Waals surface area (Å²) in [7, 11) is 1.34. The van der Waals surface area contributed by atoms with Crippen molar-refractivity contribution < 1.29 is 9.53 Å². The third-order valence-corrected chi connectivity index (χ3v) is 1.88. The molecule has 0 unspecified atom stereocenters. The molecule has 5 nitrogen and oxygen atoms in total. The van der Waals surface area contributed by atoms with Crippen LogP contribution in [-0.2, 0) is 4.74 Å². The fourth-order valence-electron chi connectivity index (χ4n) is 1.03. The maximum absolute atomic E-state index is 11.2. The minimum atomic E-state index is -0.391. The second-order valence-electron chi connectivity index (χ2n) is 2.76. The van der Waals surface area contributed by atoms with Crippen molar-refractivity contribution in [3.8, 4) is 0 Å². The monoisotopic (exact) mass is 255 g/mol. The average molecular weight is 256 g/mol. The van der Waals surface area contributed by atoms with Gasteiger partial charge in [-0.25, -0.2) is 9.78 Å². The maximum atomic E-state index is 11.2. The van der Waals surface area contributed by atoms with E-state index in [-0.39, 0.29) is 30.9 Å². The van der Waals surface area contributed by atoms with Crippen molar-refractivity contribution >= 4 is 30.8 Å². The van der Waals surface area contributed by atoms with E-state index in [4.69, 9.17) is 5.73 Å². The smallest absolute Gasteiger partial charge is 0.356 e. The number of halogens is 2. The van der Waals surface area contributed by atoms with Crippen LogP contribution in [0.4, 0.5) is 0 Å². The molecule has 0 aromatic carbocycles. The number of esters is 1. The van der Waals surface area contributed by atoms with Crippen molar-refractivity contribution in [2.24, 2.45) is 5.73 Å². The Morgan fingerprint density at radius 1 is 1.67 bits per heavy atom. The molecule has 0 saturated carbocycles. The molecule has 0 fully saturated rings. The van der Waals surface area contributed by atoms with Crippen molar-refractivity contribution in [2.75, 3.05) is 13.7 Å². The quantitative estimate of drug-likeness (QED) is 0.820. The van der Waals surface area contributed by atoms with Crippen LogP contribution in [0, 0.1) is 0 Å². The lowest BCUT2D eigenvalue weighted by Crippen LogP contribution is -2.19. The first-order valence-electron chi connectivity index (χ1n) is 4.01. The number of ether oxygens (including phenoxy) is 1. The maximum Gasteiger partial charge on any atom is 0.356 e. The van der Waals surface area contributed by atoms with Crippen LogP contribution in [0.3, 0.4) is 0 Å². The normalized spacial score (nSPS) is 10.9. The van der Waals surface area contributed by atoms with Gasteiger partial charge in [-0.2, -0.15) is 0 Å². The molecular formula is C8H15Cl2N3O2. The van der Waals surface area contributed by atoms with E-state index in [0.29, 0.717) is 12.2 Å². The molecule has 0 aliphatic heterocycles. The number of hydrogen-bond donors (Lipinski definition) is 1. The van der Waals surface area contributed by atoms with Gasteiger partial charge in [0.05, 0.1) is 19.6 Å². The Labute approximate surface area is 101 Å². The molecule has 0 bridgehead atoms. The number of methoxy groups -OCH3 is 1. The zero-order valence-corrected chi connectivity index (χ0v) is 10.2. The molecule has 1 aromatic heterocycles. The van der Waals surface area contributed by atoms with Crippen LogP contribution < -0.4 is 5.73 Å². The van der Waals surface area contributed by atoms with Gasteiger partial charge in [-0.3, -0.25) is 0 Å². The number of nitrogens with zero attached hydrogens (tertiary/aromatic N) is 2. The van der Waals surface area contributed by atoms with E-state index in [2.05, 4.69) is 9.72 Å². The third-order valence-electron chi connectivity index (χ3n) is 1.88. The molecule has 7 heteroatoms. The molecule has 0 aliphatic rings. The summed E-state index contributed by atoms with van der Waals surface area (Å²) in [6.45, 7) is 2.37. The fraction of sp³-hybridized carbons (Fsp3) is 0.500. The highest BCUT2D eigenvalue weighted by Gasteiger charge is 2.14. The molecule has 0 spiro atoms. The van der Waals surface area contributed by atoms with Gasteiger partial charge in [-0.15, -0.1) is 24.8 Å². The number of nitrogens with two attached hydrogens (primary N) is 1. The van der Waals surface area contributed by atoms with Crippen LogP contribution in [-0.4, -0.2) is 29.2 Å². The molecule has 0 aliphatic carbocycles. The Hall–Kier alpha value is -0.780. The van der Waals surface area contributed by atoms with Crippen molar-refractivity contribution in [1.29, 1.82) is 0 Å². The number of rotatable bonds is 3. The van der Waals surface area contributed by atoms with Crippen molar-refractivity contribution in [3.63, 3.8) is 0 Å². The molecule has 1 rings (SSSR count). The van der Waals surface area contributed by atoms with Gasteiger partial charge in [-0.05, 0) is 6.92 Å². The largest absolute Gasteiger partial charge is 0.464 e. The van der Waals surface area contributed by atoms with E-state index in [1.165, 1.54) is 13.3 Å². The second kappa shape index (κ2) is 7.50. The van der Waals surface area contributed by atoms with E-state index < -0.39 is 5.97 Å². The highest BCUT2D eigenvalue weighted by Crippen LogP contribution is 2.09. The Morgan fingerprint density at radius 2 is 2.27 bits per heavy atom. The van der Waals surface area contributed by atoms with Crippen LogP contribution in [0.1, 0.15) is 23.5 Å². The standard InChI is InChI=1S/C8H13N3O2.2ClH/c1-6(3-9)11-5-10-4-7(11)8(12)13-2;;/h4-6H,3,9H2,1-2H3;2*1H/t6-;;/m0../s1. The molecule has 88 valence electrons. The van der Waals surface area contributed by atoms with Crippen LogP contribution in [0.2, 0.25) is 0 Å². The lowest BCUT2D eigenvalue weighted by atomic mass is 10.3. The summed E-state index contributed by atoms with van der Waals surface area (Å²) < 4.78 is 6.29. The third kappa shape index (κ3) is 3.70. The first-order chi connectivity index (χ1) is 6.20. The van der Waals surface area contributed by atoms with Gasteiger partial charge in [0, 0.05) is 12.6 Å². The first-order valence-corrected chi connectivity index (χ1v) is 4.01. The van der Waals surface area contributed by atoms with Crippen LogP contribution in [0.5, 0.6) is 0 Å². The van der Waals surface area contributed by atoms with Gasteiger partial charge in [-0.1, -0.05) is 0 Å². The number of aromatic nitrogens is 2. The topological polar surface area (TPSA) is 70.1 Å².